The number of ether oxygens (including phenoxy) is 1. The maximum absolute atomic E-state index is 13.6. The number of amides is 1. The summed E-state index contributed by atoms with van der Waals surface area (Å²) < 4.78 is 88.4. The minimum atomic E-state index is -4.16. The van der Waals surface area contributed by atoms with E-state index >= 15 is 0 Å². The molecule has 0 bridgehead atoms. The Kier molecular flexibility index (Phi) is 8.80. The zero-order valence-electron chi connectivity index (χ0n) is 22.4. The number of carbonyl (C=O) groups is 1. The third-order valence-electron chi connectivity index (χ3n) is 7.06. The van der Waals surface area contributed by atoms with E-state index in [-0.39, 0.29) is 46.6 Å². The topological polar surface area (TPSA) is 150 Å². The highest BCUT2D eigenvalue weighted by Crippen LogP contribution is 2.27. The largest absolute Gasteiger partial charge is 0.379 e. The van der Waals surface area contributed by atoms with Crippen molar-refractivity contribution < 1.29 is 34.8 Å². The van der Waals surface area contributed by atoms with Crippen LogP contribution in [0.15, 0.2) is 99.6 Å². The van der Waals surface area contributed by atoms with E-state index in [2.05, 4.69) is 5.32 Å². The van der Waals surface area contributed by atoms with E-state index in [1.165, 1.54) is 52.8 Å². The number of sulfonamides is 3. The molecule has 2 heterocycles. The van der Waals surface area contributed by atoms with Gasteiger partial charge in [-0.25, -0.2) is 25.3 Å². The molecule has 2 aliphatic rings. The molecule has 2 aliphatic heterocycles. The molecule has 0 radical (unpaired) electrons. The van der Waals surface area contributed by atoms with Crippen molar-refractivity contribution in [3.8, 4) is 0 Å². The first-order valence-corrected chi connectivity index (χ1v) is 17.4. The minimum absolute atomic E-state index is 0.0279. The Morgan fingerprint density at radius 1 is 0.619 bits per heavy atom. The van der Waals surface area contributed by atoms with Crippen molar-refractivity contribution in [1.82, 2.24) is 12.9 Å². The van der Waals surface area contributed by atoms with Gasteiger partial charge >= 0.3 is 0 Å². The number of rotatable bonds is 8. The van der Waals surface area contributed by atoms with Gasteiger partial charge in [-0.15, -0.1) is 0 Å². The van der Waals surface area contributed by atoms with Crippen LogP contribution in [0.1, 0.15) is 0 Å². The third-order valence-corrected chi connectivity index (χ3v) is 12.8. The molecular weight excluding hydrogens is 605 g/mol. The summed E-state index contributed by atoms with van der Waals surface area (Å²) >= 11 is 0. The second kappa shape index (κ2) is 12.2. The number of nitrogens with zero attached hydrogens (tertiary/aromatic N) is 3. The number of morpholine rings is 1. The fourth-order valence-corrected chi connectivity index (χ4v) is 9.26. The predicted molar refractivity (Wildman–Crippen MR) is 154 cm³/mol. The summed E-state index contributed by atoms with van der Waals surface area (Å²) in [5.74, 6) is -0.758. The fraction of sp³-hybridized carbons (Fsp3) is 0.296. The average molecular weight is 635 g/mol. The molecule has 0 aromatic heterocycles. The molecule has 12 nitrogen and oxygen atoms in total. The standard InChI is InChI=1S/C27H30N4O8S3/c32-27(28-22-11-13-25(14-12-22)40(33,34)29-17-19-39-20-18-29)26-21-30(41(35,36)23-7-3-1-4-8-23)15-16-31(26)42(37,38)24-9-5-2-6-10-24/h1-14,26H,15-21H2,(H,28,32)/t26-/m1/s1. The number of hydrogen-bond acceptors (Lipinski definition) is 8. The minimum Gasteiger partial charge on any atom is -0.379 e. The molecule has 42 heavy (non-hydrogen) atoms. The Labute approximate surface area is 245 Å². The number of hydrogen-bond donors (Lipinski definition) is 1. The van der Waals surface area contributed by atoms with E-state index in [9.17, 15) is 30.0 Å². The molecular formula is C27H30N4O8S3. The zero-order chi connectivity index (χ0) is 30.0. The van der Waals surface area contributed by atoms with Gasteiger partial charge in [-0.2, -0.15) is 12.9 Å². The van der Waals surface area contributed by atoms with Crippen LogP contribution in [0.25, 0.3) is 0 Å². The van der Waals surface area contributed by atoms with E-state index in [1.807, 2.05) is 0 Å². The van der Waals surface area contributed by atoms with Gasteiger partial charge < -0.3 is 10.1 Å². The Morgan fingerprint density at radius 3 is 1.69 bits per heavy atom. The van der Waals surface area contributed by atoms with Gasteiger partial charge in [0.05, 0.1) is 27.9 Å². The molecule has 0 unspecified atom stereocenters. The maximum atomic E-state index is 13.6. The third kappa shape index (κ3) is 6.13. The monoisotopic (exact) mass is 634 g/mol. The van der Waals surface area contributed by atoms with Crippen LogP contribution >= 0.6 is 0 Å². The SMILES string of the molecule is O=C(Nc1ccc(S(=O)(=O)N2CCOCC2)cc1)[C@H]1CN(S(=O)(=O)c2ccccc2)CCN1S(=O)(=O)c1ccccc1. The van der Waals surface area contributed by atoms with Gasteiger partial charge in [-0.05, 0) is 48.5 Å². The molecule has 0 spiro atoms. The van der Waals surface area contributed by atoms with Gasteiger partial charge in [-0.3, -0.25) is 4.79 Å². The van der Waals surface area contributed by atoms with Crippen molar-refractivity contribution >= 4 is 41.7 Å². The van der Waals surface area contributed by atoms with Crippen LogP contribution in [-0.4, -0.2) is 96.1 Å². The summed E-state index contributed by atoms with van der Waals surface area (Å²) in [6.07, 6.45) is 0. The number of carbonyl (C=O) groups excluding carboxylic acids is 1. The molecule has 0 aliphatic carbocycles. The Bertz CT molecular complexity index is 1730. The lowest BCUT2D eigenvalue weighted by molar-refractivity contribution is -0.120. The summed E-state index contributed by atoms with van der Waals surface area (Å²) in [4.78, 5) is 13.7. The van der Waals surface area contributed by atoms with Crippen molar-refractivity contribution in [3.05, 3.63) is 84.9 Å². The quantitative estimate of drug-likeness (QED) is 0.391. The van der Waals surface area contributed by atoms with Crippen molar-refractivity contribution in [1.29, 1.82) is 0 Å². The van der Waals surface area contributed by atoms with E-state index < -0.39 is 48.6 Å². The smallest absolute Gasteiger partial charge is 0.244 e. The summed E-state index contributed by atoms with van der Waals surface area (Å²) in [7, 11) is -11.9. The summed E-state index contributed by atoms with van der Waals surface area (Å²) in [6, 6.07) is 19.4. The van der Waals surface area contributed by atoms with Crippen LogP contribution in [0.2, 0.25) is 0 Å². The lowest BCUT2D eigenvalue weighted by atomic mass is 10.2. The highest BCUT2D eigenvalue weighted by Gasteiger charge is 2.43. The van der Waals surface area contributed by atoms with Crippen LogP contribution < -0.4 is 5.32 Å². The first-order valence-electron chi connectivity index (χ1n) is 13.1. The second-order valence-corrected chi connectivity index (χ2v) is 15.4. The van der Waals surface area contributed by atoms with Gasteiger partial charge in [-0.1, -0.05) is 36.4 Å². The predicted octanol–water partition coefficient (Wildman–Crippen LogP) is 1.41. The van der Waals surface area contributed by atoms with Gasteiger partial charge in [0.25, 0.3) is 0 Å². The Hall–Kier alpha value is -3.18. The van der Waals surface area contributed by atoms with Crippen LogP contribution in [0.5, 0.6) is 0 Å². The van der Waals surface area contributed by atoms with Crippen LogP contribution in [0.4, 0.5) is 5.69 Å². The molecule has 2 fully saturated rings. The van der Waals surface area contributed by atoms with Gasteiger partial charge in [0, 0.05) is 38.4 Å². The number of benzene rings is 3. The highest BCUT2D eigenvalue weighted by atomic mass is 32.2. The average Bonchev–Trinajstić information content (AvgIpc) is 3.02. The molecule has 0 saturated carbocycles. The van der Waals surface area contributed by atoms with Crippen LogP contribution in [0, 0.1) is 0 Å². The molecule has 3 aromatic rings. The highest BCUT2D eigenvalue weighted by molar-refractivity contribution is 7.90. The molecule has 1 amide bonds. The first kappa shape index (κ1) is 30.3. The van der Waals surface area contributed by atoms with Crippen molar-refractivity contribution in [2.24, 2.45) is 0 Å². The normalized spacial score (nSPS) is 19.8. The van der Waals surface area contributed by atoms with Crippen LogP contribution in [0.3, 0.4) is 0 Å². The number of nitrogens with one attached hydrogen (secondary N) is 1. The second-order valence-electron chi connectivity index (χ2n) is 9.65. The van der Waals surface area contributed by atoms with Gasteiger partial charge in [0.1, 0.15) is 6.04 Å². The molecule has 2 saturated heterocycles. The van der Waals surface area contributed by atoms with Crippen molar-refractivity contribution in [2.75, 3.05) is 51.3 Å². The first-order chi connectivity index (χ1) is 20.0. The number of piperazine rings is 1. The molecule has 5 rings (SSSR count). The lowest BCUT2D eigenvalue weighted by Crippen LogP contribution is -2.60. The molecule has 15 heteroatoms. The van der Waals surface area contributed by atoms with Crippen LogP contribution in [-0.2, 0) is 39.6 Å². The Morgan fingerprint density at radius 2 is 1.12 bits per heavy atom. The summed E-state index contributed by atoms with van der Waals surface area (Å²) in [6.45, 7) is 0.243. The maximum Gasteiger partial charge on any atom is 0.244 e. The van der Waals surface area contributed by atoms with Crippen molar-refractivity contribution in [2.45, 2.75) is 20.7 Å². The van der Waals surface area contributed by atoms with E-state index in [0.29, 0.717) is 13.2 Å². The zero-order valence-corrected chi connectivity index (χ0v) is 24.9. The summed E-state index contributed by atoms with van der Waals surface area (Å²) in [5, 5.41) is 2.64. The van der Waals surface area contributed by atoms with E-state index in [0.717, 1.165) is 8.61 Å². The Balaban J connectivity index is 1.41. The number of anilines is 1. The van der Waals surface area contributed by atoms with E-state index in [4.69, 9.17) is 4.74 Å². The summed E-state index contributed by atoms with van der Waals surface area (Å²) in [5.41, 5.74) is 0.223. The van der Waals surface area contributed by atoms with Gasteiger partial charge in [0.2, 0.25) is 36.0 Å². The molecule has 224 valence electrons. The van der Waals surface area contributed by atoms with E-state index in [1.54, 1.807) is 36.4 Å². The van der Waals surface area contributed by atoms with Gasteiger partial charge in [0.15, 0.2) is 0 Å². The van der Waals surface area contributed by atoms with Crippen molar-refractivity contribution in [3.63, 3.8) is 0 Å². The molecule has 1 N–H and O–H groups in total. The molecule has 3 aromatic carbocycles. The lowest BCUT2D eigenvalue weighted by Gasteiger charge is -2.38. The molecule has 1 atom stereocenters. The fourth-order valence-electron chi connectivity index (χ4n) is 4.80.